The quantitative estimate of drug-likeness (QED) is 0.285. The van der Waals surface area contributed by atoms with Crippen LogP contribution in [0, 0.1) is 0 Å². The van der Waals surface area contributed by atoms with Gasteiger partial charge in [0.25, 0.3) is 0 Å². The highest BCUT2D eigenvalue weighted by Crippen LogP contribution is 1.96. The minimum absolute atomic E-state index is 0.639. The number of carbonyl (C=O) groups excluding carboxylic acids is 2. The lowest BCUT2D eigenvalue weighted by Crippen LogP contribution is -2.58. The molecule has 0 aromatic rings. The molecule has 0 aromatic heterocycles. The summed E-state index contributed by atoms with van der Waals surface area (Å²) in [6.07, 6.45) is -2.38. The van der Waals surface area contributed by atoms with Crippen molar-refractivity contribution in [1.29, 1.82) is 0 Å². The van der Waals surface area contributed by atoms with Crippen molar-refractivity contribution in [2.45, 2.75) is 38.1 Å². The highest BCUT2D eigenvalue weighted by atomic mass is 16.4. The number of aliphatic carboxylic acids is 1. The van der Waals surface area contributed by atoms with Crippen LogP contribution in [-0.4, -0.2) is 63.9 Å². The van der Waals surface area contributed by atoms with Gasteiger partial charge in [-0.25, -0.2) is 0 Å². The standard InChI is InChI=1S/C10H19N3O6/c1-4(14)7(11)9(18)13-8(5(2)15)10(19)12-3-6(16)17/h4-5,7-8,14-15H,3,11H2,1-2H3,(H,12,19)(H,13,18)(H,16,17)/t4-,5-,7+,8+/m1/s1. The zero-order valence-corrected chi connectivity index (χ0v) is 10.7. The van der Waals surface area contributed by atoms with Crippen LogP contribution in [0.25, 0.3) is 0 Å². The zero-order valence-electron chi connectivity index (χ0n) is 10.7. The lowest BCUT2D eigenvalue weighted by Gasteiger charge is -2.23. The lowest BCUT2D eigenvalue weighted by molar-refractivity contribution is -0.139. The Labute approximate surface area is 109 Å². The minimum Gasteiger partial charge on any atom is -0.480 e. The maximum absolute atomic E-state index is 11.6. The molecule has 0 saturated heterocycles. The van der Waals surface area contributed by atoms with Gasteiger partial charge in [0.1, 0.15) is 18.6 Å². The van der Waals surface area contributed by atoms with Gasteiger partial charge in [-0.3, -0.25) is 14.4 Å². The normalized spacial score (nSPS) is 16.9. The Morgan fingerprint density at radius 1 is 1.11 bits per heavy atom. The van der Waals surface area contributed by atoms with E-state index >= 15 is 0 Å². The van der Waals surface area contributed by atoms with E-state index in [0.717, 1.165) is 0 Å². The van der Waals surface area contributed by atoms with Crippen LogP contribution in [0.3, 0.4) is 0 Å². The van der Waals surface area contributed by atoms with Gasteiger partial charge in [-0.1, -0.05) is 0 Å². The fourth-order valence-corrected chi connectivity index (χ4v) is 1.15. The van der Waals surface area contributed by atoms with Crippen molar-refractivity contribution in [3.05, 3.63) is 0 Å². The summed E-state index contributed by atoms with van der Waals surface area (Å²) in [5, 5.41) is 31.1. The van der Waals surface area contributed by atoms with Gasteiger partial charge in [-0.15, -0.1) is 0 Å². The van der Waals surface area contributed by atoms with Crippen LogP contribution < -0.4 is 16.4 Å². The van der Waals surface area contributed by atoms with Crippen molar-refractivity contribution in [3.8, 4) is 0 Å². The maximum atomic E-state index is 11.6. The second-order valence-corrected chi connectivity index (χ2v) is 4.10. The number of hydrogen-bond donors (Lipinski definition) is 6. The van der Waals surface area contributed by atoms with E-state index < -0.39 is 48.6 Å². The molecule has 19 heavy (non-hydrogen) atoms. The Morgan fingerprint density at radius 2 is 1.63 bits per heavy atom. The van der Waals surface area contributed by atoms with Crippen molar-refractivity contribution < 1.29 is 29.7 Å². The smallest absolute Gasteiger partial charge is 0.322 e. The highest BCUT2D eigenvalue weighted by molar-refractivity contribution is 5.91. The summed E-state index contributed by atoms with van der Waals surface area (Å²) in [6.45, 7) is 1.91. The topological polar surface area (TPSA) is 162 Å². The molecular weight excluding hydrogens is 258 g/mol. The van der Waals surface area contributed by atoms with Crippen LogP contribution >= 0.6 is 0 Å². The highest BCUT2D eigenvalue weighted by Gasteiger charge is 2.29. The number of carboxylic acids is 1. The van der Waals surface area contributed by atoms with Gasteiger partial charge in [0.05, 0.1) is 12.2 Å². The summed E-state index contributed by atoms with van der Waals surface area (Å²) >= 11 is 0. The van der Waals surface area contributed by atoms with Gasteiger partial charge in [0.15, 0.2) is 0 Å². The SMILES string of the molecule is C[C@@H](O)[C@H](N)C(=O)N[C@H](C(=O)NCC(=O)O)[C@@H](C)O. The van der Waals surface area contributed by atoms with Gasteiger partial charge < -0.3 is 31.7 Å². The molecule has 0 unspecified atom stereocenters. The molecular formula is C10H19N3O6. The van der Waals surface area contributed by atoms with E-state index in [1.165, 1.54) is 13.8 Å². The van der Waals surface area contributed by atoms with E-state index in [4.69, 9.17) is 15.9 Å². The largest absolute Gasteiger partial charge is 0.480 e. The summed E-state index contributed by atoms with van der Waals surface area (Å²) in [5.74, 6) is -2.94. The first-order chi connectivity index (χ1) is 8.66. The molecule has 0 rings (SSSR count). The predicted octanol–water partition coefficient (Wildman–Crippen LogP) is -3.24. The first-order valence-corrected chi connectivity index (χ1v) is 5.58. The number of carbonyl (C=O) groups is 3. The Hall–Kier alpha value is -1.71. The number of carboxylic acid groups (broad SMARTS) is 1. The van der Waals surface area contributed by atoms with Gasteiger partial charge in [-0.05, 0) is 13.8 Å². The van der Waals surface area contributed by atoms with E-state index in [1.807, 2.05) is 5.32 Å². The molecule has 0 radical (unpaired) electrons. The van der Waals surface area contributed by atoms with Crippen molar-refractivity contribution in [2.24, 2.45) is 5.73 Å². The minimum atomic E-state index is -1.35. The molecule has 9 heteroatoms. The molecule has 2 amide bonds. The molecule has 4 atom stereocenters. The van der Waals surface area contributed by atoms with Crippen molar-refractivity contribution in [1.82, 2.24) is 10.6 Å². The number of hydrogen-bond acceptors (Lipinski definition) is 6. The molecule has 0 aliphatic carbocycles. The summed E-state index contributed by atoms with van der Waals surface area (Å²) in [5.41, 5.74) is 5.36. The molecule has 7 N–H and O–H groups in total. The fourth-order valence-electron chi connectivity index (χ4n) is 1.15. The summed E-state index contributed by atoms with van der Waals surface area (Å²) in [7, 11) is 0. The molecule has 0 fully saturated rings. The summed E-state index contributed by atoms with van der Waals surface area (Å²) in [6, 6.07) is -2.61. The second kappa shape index (κ2) is 7.67. The van der Waals surface area contributed by atoms with Gasteiger partial charge >= 0.3 is 5.97 Å². The average Bonchev–Trinajstić information content (AvgIpc) is 2.30. The van der Waals surface area contributed by atoms with Crippen LogP contribution in [0.2, 0.25) is 0 Å². The third-order valence-electron chi connectivity index (χ3n) is 2.30. The molecule has 0 saturated carbocycles. The van der Waals surface area contributed by atoms with Crippen molar-refractivity contribution in [3.63, 3.8) is 0 Å². The zero-order chi connectivity index (χ0) is 15.2. The molecule has 0 aliphatic heterocycles. The fraction of sp³-hybridized carbons (Fsp3) is 0.700. The number of amides is 2. The monoisotopic (exact) mass is 277 g/mol. The van der Waals surface area contributed by atoms with E-state index in [0.29, 0.717) is 0 Å². The molecule has 0 heterocycles. The van der Waals surface area contributed by atoms with Crippen LogP contribution in [0.5, 0.6) is 0 Å². The van der Waals surface area contributed by atoms with Crippen LogP contribution in [0.1, 0.15) is 13.8 Å². The molecule has 110 valence electrons. The molecule has 0 bridgehead atoms. The van der Waals surface area contributed by atoms with E-state index in [1.54, 1.807) is 0 Å². The van der Waals surface area contributed by atoms with Crippen LogP contribution in [-0.2, 0) is 14.4 Å². The molecule has 0 aliphatic rings. The molecule has 9 nitrogen and oxygen atoms in total. The predicted molar refractivity (Wildman–Crippen MR) is 63.9 cm³/mol. The Morgan fingerprint density at radius 3 is 2.00 bits per heavy atom. The summed E-state index contributed by atoms with van der Waals surface area (Å²) in [4.78, 5) is 33.4. The summed E-state index contributed by atoms with van der Waals surface area (Å²) < 4.78 is 0. The van der Waals surface area contributed by atoms with E-state index in [9.17, 15) is 19.5 Å². The number of rotatable bonds is 7. The number of aliphatic hydroxyl groups excluding tert-OH is 2. The number of nitrogens with one attached hydrogen (secondary N) is 2. The number of nitrogens with two attached hydrogens (primary N) is 1. The average molecular weight is 277 g/mol. The van der Waals surface area contributed by atoms with Gasteiger partial charge in [-0.2, -0.15) is 0 Å². The van der Waals surface area contributed by atoms with Crippen molar-refractivity contribution >= 4 is 17.8 Å². The van der Waals surface area contributed by atoms with Crippen LogP contribution in [0.15, 0.2) is 0 Å². The maximum Gasteiger partial charge on any atom is 0.322 e. The molecule has 0 spiro atoms. The molecule has 0 aromatic carbocycles. The van der Waals surface area contributed by atoms with E-state index in [-0.39, 0.29) is 0 Å². The second-order valence-electron chi connectivity index (χ2n) is 4.10. The Balaban J connectivity index is 4.61. The van der Waals surface area contributed by atoms with E-state index in [2.05, 4.69) is 5.32 Å². The lowest BCUT2D eigenvalue weighted by atomic mass is 10.1. The van der Waals surface area contributed by atoms with Crippen LogP contribution in [0.4, 0.5) is 0 Å². The number of aliphatic hydroxyl groups is 2. The van der Waals surface area contributed by atoms with Gasteiger partial charge in [0.2, 0.25) is 11.8 Å². The Kier molecular flexibility index (Phi) is 6.98. The third-order valence-corrected chi connectivity index (χ3v) is 2.30. The first kappa shape index (κ1) is 17.3. The van der Waals surface area contributed by atoms with Crippen molar-refractivity contribution in [2.75, 3.05) is 6.54 Å². The Bertz CT molecular complexity index is 344. The first-order valence-electron chi connectivity index (χ1n) is 5.58. The van der Waals surface area contributed by atoms with Gasteiger partial charge in [0, 0.05) is 0 Å². The third kappa shape index (κ3) is 6.13.